The van der Waals surface area contributed by atoms with Gasteiger partial charge in [-0.2, -0.15) is 5.26 Å². The van der Waals surface area contributed by atoms with E-state index in [1.807, 2.05) is 6.07 Å². The van der Waals surface area contributed by atoms with Crippen molar-refractivity contribution in [3.8, 4) is 17.4 Å². The van der Waals surface area contributed by atoms with Crippen LogP contribution in [0, 0.1) is 11.3 Å². The van der Waals surface area contributed by atoms with Gasteiger partial charge in [0.05, 0.1) is 24.2 Å². The topological polar surface area (TPSA) is 146 Å². The van der Waals surface area contributed by atoms with E-state index in [0.29, 0.717) is 40.9 Å². The van der Waals surface area contributed by atoms with E-state index in [4.69, 9.17) is 15.4 Å². The molecule has 1 aromatic carbocycles. The number of rotatable bonds is 7. The quantitative estimate of drug-likeness (QED) is 0.458. The average molecular weight is 487 g/mol. The number of nitrogens with one attached hydrogen (secondary N) is 2. The molecule has 36 heavy (non-hydrogen) atoms. The molecule has 0 bridgehead atoms. The van der Waals surface area contributed by atoms with Crippen LogP contribution in [0.25, 0.3) is 11.3 Å². The summed E-state index contributed by atoms with van der Waals surface area (Å²) in [6, 6.07) is 10.4. The first kappa shape index (κ1) is 23.8. The fourth-order valence-corrected chi connectivity index (χ4v) is 5.10. The number of hydrogen-bond acceptors (Lipinski definition) is 9. The number of benzene rings is 1. The zero-order valence-electron chi connectivity index (χ0n) is 20.1. The molecule has 2 aromatic heterocycles. The number of nitrogens with two attached hydrogens (primary N) is 1. The number of aromatic nitrogens is 3. The molecule has 10 heteroatoms. The maximum atomic E-state index is 11.5. The van der Waals surface area contributed by atoms with Gasteiger partial charge in [-0.1, -0.05) is 25.0 Å². The largest absolute Gasteiger partial charge is 0.424 e. The molecule has 3 aromatic rings. The number of oxazole rings is 1. The van der Waals surface area contributed by atoms with Crippen molar-refractivity contribution in [2.45, 2.75) is 56.7 Å². The maximum Gasteiger partial charge on any atom is 0.295 e. The van der Waals surface area contributed by atoms with Crippen molar-refractivity contribution in [3.63, 3.8) is 0 Å². The summed E-state index contributed by atoms with van der Waals surface area (Å²) >= 11 is 0. The summed E-state index contributed by atoms with van der Waals surface area (Å²) in [5.74, 6) is 0.788. The minimum atomic E-state index is -0.474. The van der Waals surface area contributed by atoms with E-state index >= 15 is 0 Å². The molecular weight excluding hydrogens is 456 g/mol. The Kier molecular flexibility index (Phi) is 7.09. The lowest BCUT2D eigenvalue weighted by molar-refractivity contribution is 0.100. The summed E-state index contributed by atoms with van der Waals surface area (Å²) in [7, 11) is 0. The number of carbonyl (C=O) groups excluding carboxylic acids is 1. The van der Waals surface area contributed by atoms with Gasteiger partial charge in [0, 0.05) is 42.3 Å². The molecule has 4 N–H and O–H groups in total. The van der Waals surface area contributed by atoms with Gasteiger partial charge in [-0.25, -0.2) is 15.0 Å². The number of piperidine rings is 1. The molecule has 2 fully saturated rings. The molecule has 186 valence electrons. The van der Waals surface area contributed by atoms with Gasteiger partial charge in [-0.05, 0) is 37.8 Å². The Bertz CT molecular complexity index is 1240. The van der Waals surface area contributed by atoms with E-state index in [-0.39, 0.29) is 6.04 Å². The molecular formula is C26H30N8O2. The lowest BCUT2D eigenvalue weighted by Crippen LogP contribution is -2.55. The fourth-order valence-electron chi connectivity index (χ4n) is 5.10. The smallest absolute Gasteiger partial charge is 0.295 e. The molecule has 1 saturated carbocycles. The van der Waals surface area contributed by atoms with Crippen molar-refractivity contribution in [1.29, 1.82) is 5.26 Å². The molecule has 1 aliphatic heterocycles. The minimum absolute atomic E-state index is 0.198. The fraction of sp³-hybridized carbons (Fsp3) is 0.423. The van der Waals surface area contributed by atoms with Crippen molar-refractivity contribution in [2.24, 2.45) is 5.73 Å². The third-order valence-corrected chi connectivity index (χ3v) is 6.93. The van der Waals surface area contributed by atoms with Gasteiger partial charge in [0.2, 0.25) is 11.9 Å². The summed E-state index contributed by atoms with van der Waals surface area (Å²) in [5.41, 5.74) is 7.07. The van der Waals surface area contributed by atoms with Gasteiger partial charge in [-0.15, -0.1) is 0 Å². The van der Waals surface area contributed by atoms with Crippen LogP contribution in [0.4, 0.5) is 12.0 Å². The Balaban J connectivity index is 1.23. The third-order valence-electron chi connectivity index (χ3n) is 6.93. The Morgan fingerprint density at radius 1 is 1.08 bits per heavy atom. The van der Waals surface area contributed by atoms with E-state index in [2.05, 4.69) is 36.6 Å². The van der Waals surface area contributed by atoms with Gasteiger partial charge in [0.1, 0.15) is 6.07 Å². The predicted octanol–water partition coefficient (Wildman–Crippen LogP) is 3.08. The summed E-state index contributed by atoms with van der Waals surface area (Å²) in [6.07, 6.45) is 11.4. The lowest BCUT2D eigenvalue weighted by Gasteiger charge is -2.39. The standard InChI is InChI=1S/C26H30N8O2/c27-12-17-13-29-25(30-14-17)34-10-4-7-20(16-34)32-21-8-1-2-9-22(21)33-26-31-15-23(36-26)18-5-3-6-19(11-18)24(28)35/h3,5-6,11,13-15,20-22,32H,1-2,4,7-10,16H2,(H2,28,35)(H,31,33). The molecule has 10 nitrogen and oxygen atoms in total. The molecule has 3 heterocycles. The van der Waals surface area contributed by atoms with Crippen LogP contribution < -0.4 is 21.3 Å². The number of carbonyl (C=O) groups is 1. The van der Waals surface area contributed by atoms with Crippen LogP contribution >= 0.6 is 0 Å². The Hall–Kier alpha value is -3.97. The van der Waals surface area contributed by atoms with Crippen LogP contribution in [-0.2, 0) is 0 Å². The Labute approximate surface area is 209 Å². The van der Waals surface area contributed by atoms with Crippen LogP contribution in [-0.4, -0.2) is 52.1 Å². The van der Waals surface area contributed by atoms with Crippen LogP contribution in [0.2, 0.25) is 0 Å². The van der Waals surface area contributed by atoms with Gasteiger partial charge in [0.25, 0.3) is 6.01 Å². The Morgan fingerprint density at radius 2 is 1.89 bits per heavy atom. The number of anilines is 2. The van der Waals surface area contributed by atoms with Gasteiger partial charge < -0.3 is 25.7 Å². The zero-order chi connectivity index (χ0) is 24.9. The van der Waals surface area contributed by atoms with Crippen molar-refractivity contribution in [3.05, 3.63) is 54.0 Å². The second kappa shape index (κ2) is 10.7. The molecule has 3 unspecified atom stereocenters. The van der Waals surface area contributed by atoms with Crippen molar-refractivity contribution in [2.75, 3.05) is 23.3 Å². The first-order valence-corrected chi connectivity index (χ1v) is 12.4. The lowest BCUT2D eigenvalue weighted by atomic mass is 9.89. The Morgan fingerprint density at radius 3 is 2.67 bits per heavy atom. The molecule has 0 radical (unpaired) electrons. The number of hydrogen-bond donors (Lipinski definition) is 3. The van der Waals surface area contributed by atoms with Crippen LogP contribution in [0.15, 0.2) is 47.3 Å². The summed E-state index contributed by atoms with van der Waals surface area (Å²) in [5, 5.41) is 16.4. The highest BCUT2D eigenvalue weighted by Gasteiger charge is 2.30. The number of nitriles is 1. The van der Waals surface area contributed by atoms with Crippen LogP contribution in [0.3, 0.4) is 0 Å². The van der Waals surface area contributed by atoms with Crippen LogP contribution in [0.1, 0.15) is 54.4 Å². The van der Waals surface area contributed by atoms with E-state index in [0.717, 1.165) is 50.8 Å². The summed E-state index contributed by atoms with van der Waals surface area (Å²) in [6.45, 7) is 1.74. The second-order valence-electron chi connectivity index (χ2n) is 9.45. The minimum Gasteiger partial charge on any atom is -0.424 e. The molecule has 3 atom stereocenters. The van der Waals surface area contributed by atoms with Crippen molar-refractivity contribution < 1.29 is 9.21 Å². The molecule has 1 amide bonds. The number of amides is 1. The molecule has 5 rings (SSSR count). The monoisotopic (exact) mass is 486 g/mol. The first-order chi connectivity index (χ1) is 17.6. The third kappa shape index (κ3) is 5.47. The van der Waals surface area contributed by atoms with Gasteiger partial charge in [0.15, 0.2) is 5.76 Å². The average Bonchev–Trinajstić information content (AvgIpc) is 3.39. The van der Waals surface area contributed by atoms with E-state index < -0.39 is 5.91 Å². The molecule has 1 aliphatic carbocycles. The molecule has 2 aliphatic rings. The SMILES string of the molecule is N#Cc1cnc(N2CCCC(NC3CCCCC3Nc3ncc(-c4cccc(C(N)=O)c4)o3)C2)nc1. The normalized spacial score (nSPS) is 22.1. The summed E-state index contributed by atoms with van der Waals surface area (Å²) < 4.78 is 5.99. The van der Waals surface area contributed by atoms with Gasteiger partial charge in [-0.3, -0.25) is 4.79 Å². The predicted molar refractivity (Wildman–Crippen MR) is 135 cm³/mol. The number of nitrogens with zero attached hydrogens (tertiary/aromatic N) is 5. The summed E-state index contributed by atoms with van der Waals surface area (Å²) in [4.78, 5) is 26.9. The highest BCUT2D eigenvalue weighted by Crippen LogP contribution is 2.27. The highest BCUT2D eigenvalue weighted by atomic mass is 16.4. The highest BCUT2D eigenvalue weighted by molar-refractivity contribution is 5.93. The molecule has 0 spiro atoms. The van der Waals surface area contributed by atoms with E-state index in [1.165, 1.54) is 6.42 Å². The molecule has 1 saturated heterocycles. The van der Waals surface area contributed by atoms with Crippen molar-refractivity contribution >= 4 is 17.9 Å². The van der Waals surface area contributed by atoms with Gasteiger partial charge >= 0.3 is 0 Å². The van der Waals surface area contributed by atoms with E-state index in [9.17, 15) is 4.79 Å². The maximum absolute atomic E-state index is 11.5. The van der Waals surface area contributed by atoms with Crippen molar-refractivity contribution in [1.82, 2.24) is 20.3 Å². The second-order valence-corrected chi connectivity index (χ2v) is 9.45. The number of primary amides is 1. The van der Waals surface area contributed by atoms with E-state index in [1.54, 1.807) is 36.8 Å². The first-order valence-electron chi connectivity index (χ1n) is 12.4. The zero-order valence-corrected chi connectivity index (χ0v) is 20.1. The van der Waals surface area contributed by atoms with Crippen LogP contribution in [0.5, 0.6) is 0 Å².